The Kier molecular flexibility index (Phi) is 8.48. The van der Waals surface area contributed by atoms with Crippen molar-refractivity contribution in [2.45, 2.75) is 13.3 Å². The van der Waals surface area contributed by atoms with Crippen molar-refractivity contribution >= 4 is 17.4 Å². The molecule has 8 heteroatoms. The molecule has 1 heterocycles. The van der Waals surface area contributed by atoms with E-state index >= 15 is 0 Å². The van der Waals surface area contributed by atoms with E-state index in [1.54, 1.807) is 39.5 Å². The first-order valence-corrected chi connectivity index (χ1v) is 9.59. The molecule has 8 nitrogen and oxygen atoms in total. The Morgan fingerprint density at radius 3 is 2.03 bits per heavy atom. The quantitative estimate of drug-likeness (QED) is 0.490. The Hall–Kier alpha value is -2.58. The summed E-state index contributed by atoms with van der Waals surface area (Å²) in [7, 11) is 6.28. The van der Waals surface area contributed by atoms with E-state index in [2.05, 4.69) is 0 Å². The van der Waals surface area contributed by atoms with Crippen molar-refractivity contribution in [1.82, 2.24) is 9.80 Å². The summed E-state index contributed by atoms with van der Waals surface area (Å²) >= 11 is 0. The molecule has 160 valence electrons. The first-order valence-electron chi connectivity index (χ1n) is 9.59. The first-order chi connectivity index (χ1) is 14.0. The second-order valence-corrected chi connectivity index (χ2v) is 6.53. The lowest BCUT2D eigenvalue weighted by atomic mass is 10.0. The average molecular weight is 406 g/mol. The third-order valence-electron chi connectivity index (χ3n) is 4.71. The number of hydrogen-bond acceptors (Lipinski definition) is 7. The largest absolute Gasteiger partial charge is 0.493 e. The molecule has 2 rings (SSSR count). The highest BCUT2D eigenvalue weighted by Crippen LogP contribution is 2.36. The third kappa shape index (κ3) is 4.89. The molecule has 0 unspecified atom stereocenters. The molecular weight excluding hydrogens is 376 g/mol. The van der Waals surface area contributed by atoms with Gasteiger partial charge in [-0.15, -0.1) is 0 Å². The zero-order chi connectivity index (χ0) is 21.4. The Labute approximate surface area is 172 Å². The predicted octanol–water partition coefficient (Wildman–Crippen LogP) is 1.79. The van der Waals surface area contributed by atoms with Gasteiger partial charge in [-0.2, -0.15) is 0 Å². The van der Waals surface area contributed by atoms with Gasteiger partial charge in [0.2, 0.25) is 0 Å². The summed E-state index contributed by atoms with van der Waals surface area (Å²) in [5.41, 5.74) is 1.33. The number of imide groups is 1. The average Bonchev–Trinajstić information content (AvgIpc) is 2.98. The van der Waals surface area contributed by atoms with E-state index in [1.165, 1.54) is 12.0 Å². The van der Waals surface area contributed by atoms with Crippen molar-refractivity contribution in [3.05, 3.63) is 29.5 Å². The van der Waals surface area contributed by atoms with E-state index in [-0.39, 0.29) is 11.8 Å². The molecule has 0 bridgehead atoms. The van der Waals surface area contributed by atoms with Crippen LogP contribution in [-0.2, 0) is 19.1 Å². The van der Waals surface area contributed by atoms with Crippen molar-refractivity contribution in [3.8, 4) is 11.5 Å². The van der Waals surface area contributed by atoms with Crippen molar-refractivity contribution in [1.29, 1.82) is 0 Å². The van der Waals surface area contributed by atoms with Gasteiger partial charge in [-0.25, -0.2) is 0 Å². The van der Waals surface area contributed by atoms with E-state index in [1.807, 2.05) is 11.8 Å². The van der Waals surface area contributed by atoms with Crippen LogP contribution in [0, 0.1) is 0 Å². The number of carbonyl (C=O) groups excluding carboxylic acids is 2. The summed E-state index contributed by atoms with van der Waals surface area (Å²) in [6, 6.07) is 5.22. The minimum Gasteiger partial charge on any atom is -0.493 e. The highest BCUT2D eigenvalue weighted by atomic mass is 16.5. The van der Waals surface area contributed by atoms with Crippen LogP contribution in [0.25, 0.3) is 5.57 Å². The predicted molar refractivity (Wildman–Crippen MR) is 109 cm³/mol. The fourth-order valence-corrected chi connectivity index (χ4v) is 3.27. The molecule has 0 aromatic heterocycles. The lowest BCUT2D eigenvalue weighted by molar-refractivity contribution is -0.137. The summed E-state index contributed by atoms with van der Waals surface area (Å²) in [5.74, 6) is 0.440. The van der Waals surface area contributed by atoms with Gasteiger partial charge < -0.3 is 23.8 Å². The van der Waals surface area contributed by atoms with Crippen molar-refractivity contribution in [2.75, 3.05) is 61.3 Å². The number of rotatable bonds is 12. The molecule has 1 aromatic carbocycles. The first kappa shape index (κ1) is 22.7. The number of methoxy groups -OCH3 is 4. The smallest absolute Gasteiger partial charge is 0.277 e. The van der Waals surface area contributed by atoms with Crippen molar-refractivity contribution in [3.63, 3.8) is 0 Å². The Bertz CT molecular complexity index is 754. The normalized spacial score (nSPS) is 14.0. The van der Waals surface area contributed by atoms with Gasteiger partial charge >= 0.3 is 0 Å². The molecule has 0 atom stereocenters. The van der Waals surface area contributed by atoms with Gasteiger partial charge in [-0.05, 0) is 24.1 Å². The molecule has 29 heavy (non-hydrogen) atoms. The Morgan fingerprint density at radius 2 is 1.52 bits per heavy atom. The fourth-order valence-electron chi connectivity index (χ4n) is 3.27. The number of hydrogen-bond donors (Lipinski definition) is 0. The van der Waals surface area contributed by atoms with Gasteiger partial charge in [-0.1, -0.05) is 13.0 Å². The molecule has 2 amide bonds. The molecule has 1 aliphatic rings. The van der Waals surface area contributed by atoms with Crippen LogP contribution in [0.15, 0.2) is 23.9 Å². The minimum atomic E-state index is -0.307. The summed E-state index contributed by atoms with van der Waals surface area (Å²) in [6.07, 6.45) is 0.681. The van der Waals surface area contributed by atoms with Crippen LogP contribution in [0.3, 0.4) is 0 Å². The van der Waals surface area contributed by atoms with Crippen molar-refractivity contribution < 1.29 is 28.5 Å². The number of amides is 2. The summed E-state index contributed by atoms with van der Waals surface area (Å²) in [4.78, 5) is 29.6. The van der Waals surface area contributed by atoms with Gasteiger partial charge in [0.05, 0.1) is 33.0 Å². The second-order valence-electron chi connectivity index (χ2n) is 6.53. The van der Waals surface area contributed by atoms with Crippen LogP contribution in [0.1, 0.15) is 18.9 Å². The van der Waals surface area contributed by atoms with E-state index < -0.39 is 0 Å². The van der Waals surface area contributed by atoms with Crippen LogP contribution < -0.4 is 9.47 Å². The number of nitrogens with zero attached hydrogens (tertiary/aromatic N) is 2. The molecule has 0 fully saturated rings. The molecule has 0 radical (unpaired) electrons. The maximum Gasteiger partial charge on any atom is 0.277 e. The van der Waals surface area contributed by atoms with Crippen LogP contribution in [0.5, 0.6) is 11.5 Å². The molecule has 0 saturated carbocycles. The highest BCUT2D eigenvalue weighted by Gasteiger charge is 2.41. The van der Waals surface area contributed by atoms with Gasteiger partial charge in [0.1, 0.15) is 5.70 Å². The SMILES string of the molecule is CCCN1C(=O)C(c2ccc(OC)c(OC)c2)=C(N(CCOC)CCOC)C1=O. The maximum atomic E-state index is 13.2. The third-order valence-corrected chi connectivity index (χ3v) is 4.71. The molecule has 1 aliphatic heterocycles. The molecular formula is C21H30N2O6. The minimum absolute atomic E-state index is 0.297. The molecule has 0 spiro atoms. The summed E-state index contributed by atoms with van der Waals surface area (Å²) in [6.45, 7) is 4.06. The number of carbonyl (C=O) groups is 2. The van der Waals surface area contributed by atoms with Gasteiger partial charge in [-0.3, -0.25) is 14.5 Å². The lowest BCUT2D eigenvalue weighted by Gasteiger charge is -2.25. The molecule has 1 aromatic rings. The van der Waals surface area contributed by atoms with Crippen LogP contribution in [-0.4, -0.2) is 82.9 Å². The second kappa shape index (κ2) is 10.8. The number of benzene rings is 1. The Morgan fingerprint density at radius 1 is 0.897 bits per heavy atom. The van der Waals surface area contributed by atoms with E-state index in [0.29, 0.717) is 67.6 Å². The van der Waals surface area contributed by atoms with Crippen molar-refractivity contribution in [2.24, 2.45) is 0 Å². The Balaban J connectivity index is 2.60. The fraction of sp³-hybridized carbons (Fsp3) is 0.524. The van der Waals surface area contributed by atoms with E-state index in [9.17, 15) is 9.59 Å². The maximum absolute atomic E-state index is 13.2. The highest BCUT2D eigenvalue weighted by molar-refractivity contribution is 6.35. The van der Waals surface area contributed by atoms with Crippen LogP contribution in [0.2, 0.25) is 0 Å². The zero-order valence-electron chi connectivity index (χ0n) is 17.8. The molecule has 0 saturated heterocycles. The lowest BCUT2D eigenvalue weighted by Crippen LogP contribution is -2.38. The summed E-state index contributed by atoms with van der Waals surface area (Å²) < 4.78 is 21.1. The van der Waals surface area contributed by atoms with E-state index in [0.717, 1.165) is 0 Å². The molecule has 0 N–H and O–H groups in total. The number of ether oxygens (including phenoxy) is 4. The zero-order valence-corrected chi connectivity index (χ0v) is 17.8. The standard InChI is InChI=1S/C21H30N2O6/c1-6-9-23-20(24)18(15-7-8-16(28-4)17(14-15)29-5)19(21(23)25)22(10-12-26-2)11-13-27-3/h7-8,14H,6,9-13H2,1-5H3. The van der Waals surface area contributed by atoms with E-state index in [4.69, 9.17) is 18.9 Å². The topological polar surface area (TPSA) is 77.5 Å². The summed E-state index contributed by atoms with van der Waals surface area (Å²) in [5, 5.41) is 0. The monoisotopic (exact) mass is 406 g/mol. The van der Waals surface area contributed by atoms with Crippen LogP contribution in [0.4, 0.5) is 0 Å². The van der Waals surface area contributed by atoms with Crippen LogP contribution >= 0.6 is 0 Å². The van der Waals surface area contributed by atoms with Gasteiger partial charge in [0.25, 0.3) is 11.8 Å². The van der Waals surface area contributed by atoms with Gasteiger partial charge in [0, 0.05) is 33.9 Å². The molecule has 0 aliphatic carbocycles. The van der Waals surface area contributed by atoms with Gasteiger partial charge in [0.15, 0.2) is 11.5 Å².